The Kier molecular flexibility index (Phi) is 4.15. The van der Waals surface area contributed by atoms with Gasteiger partial charge in [-0.2, -0.15) is 0 Å². The van der Waals surface area contributed by atoms with E-state index in [1.165, 1.54) is 0 Å². The minimum Gasteiger partial charge on any atom is -0.496 e. The average Bonchev–Trinajstić information content (AvgIpc) is 3.23. The SMILES string of the molecule is COc1ccccc1[C@@H]1CCCN1C(=O)c1ccc(CN)o1. The second-order valence-electron chi connectivity index (χ2n) is 5.37. The topological polar surface area (TPSA) is 68.7 Å². The number of rotatable bonds is 4. The zero-order valence-corrected chi connectivity index (χ0v) is 12.6. The molecule has 1 aromatic carbocycles. The lowest BCUT2D eigenvalue weighted by Crippen LogP contribution is -2.30. The fourth-order valence-electron chi connectivity index (χ4n) is 3.02. The fraction of sp³-hybridized carbons (Fsp3) is 0.353. The van der Waals surface area contributed by atoms with Crippen molar-refractivity contribution in [2.45, 2.75) is 25.4 Å². The van der Waals surface area contributed by atoms with Crippen molar-refractivity contribution in [3.8, 4) is 5.75 Å². The molecule has 0 aliphatic carbocycles. The first-order valence-corrected chi connectivity index (χ1v) is 7.47. The highest BCUT2D eigenvalue weighted by molar-refractivity contribution is 5.92. The molecular weight excluding hydrogens is 280 g/mol. The van der Waals surface area contributed by atoms with Crippen LogP contribution >= 0.6 is 0 Å². The molecule has 1 fully saturated rings. The van der Waals surface area contributed by atoms with Gasteiger partial charge in [-0.15, -0.1) is 0 Å². The molecule has 0 bridgehead atoms. The van der Waals surface area contributed by atoms with E-state index in [1.54, 1.807) is 19.2 Å². The number of nitrogens with zero attached hydrogens (tertiary/aromatic N) is 1. The normalized spacial score (nSPS) is 17.7. The maximum absolute atomic E-state index is 12.7. The van der Waals surface area contributed by atoms with Gasteiger partial charge in [0.1, 0.15) is 11.5 Å². The summed E-state index contributed by atoms with van der Waals surface area (Å²) >= 11 is 0. The van der Waals surface area contributed by atoms with E-state index < -0.39 is 0 Å². The zero-order chi connectivity index (χ0) is 15.5. The van der Waals surface area contributed by atoms with Gasteiger partial charge in [0, 0.05) is 12.1 Å². The second-order valence-corrected chi connectivity index (χ2v) is 5.37. The molecular formula is C17H20N2O3. The van der Waals surface area contributed by atoms with Gasteiger partial charge < -0.3 is 19.8 Å². The van der Waals surface area contributed by atoms with Gasteiger partial charge in [0.25, 0.3) is 5.91 Å². The first kappa shape index (κ1) is 14.7. The van der Waals surface area contributed by atoms with Crippen LogP contribution < -0.4 is 10.5 Å². The van der Waals surface area contributed by atoms with Crippen LogP contribution in [0.5, 0.6) is 5.75 Å². The molecule has 1 aromatic heterocycles. The molecule has 22 heavy (non-hydrogen) atoms. The predicted octanol–water partition coefficient (Wildman–Crippen LogP) is 2.72. The largest absolute Gasteiger partial charge is 0.496 e. The number of hydrogen-bond donors (Lipinski definition) is 1. The van der Waals surface area contributed by atoms with E-state index in [-0.39, 0.29) is 11.9 Å². The maximum atomic E-state index is 12.7. The molecule has 0 spiro atoms. The molecule has 2 N–H and O–H groups in total. The third-order valence-electron chi connectivity index (χ3n) is 4.09. The Morgan fingerprint density at radius 3 is 2.91 bits per heavy atom. The molecule has 5 heteroatoms. The first-order valence-electron chi connectivity index (χ1n) is 7.47. The molecule has 0 unspecified atom stereocenters. The van der Waals surface area contributed by atoms with E-state index in [1.807, 2.05) is 29.2 Å². The van der Waals surface area contributed by atoms with Gasteiger partial charge in [-0.3, -0.25) is 4.79 Å². The van der Waals surface area contributed by atoms with Gasteiger partial charge in [0.2, 0.25) is 0 Å². The first-order chi connectivity index (χ1) is 10.7. The second kappa shape index (κ2) is 6.23. The van der Waals surface area contributed by atoms with Crippen LogP contribution in [-0.4, -0.2) is 24.5 Å². The summed E-state index contributed by atoms with van der Waals surface area (Å²) in [6.45, 7) is 1.02. The molecule has 3 rings (SSSR count). The summed E-state index contributed by atoms with van der Waals surface area (Å²) in [5, 5.41) is 0. The predicted molar refractivity (Wildman–Crippen MR) is 82.6 cm³/mol. The van der Waals surface area contributed by atoms with Crippen molar-refractivity contribution in [2.75, 3.05) is 13.7 Å². The van der Waals surface area contributed by atoms with Crippen LogP contribution in [-0.2, 0) is 6.54 Å². The summed E-state index contributed by atoms with van der Waals surface area (Å²) in [5.41, 5.74) is 6.58. The van der Waals surface area contributed by atoms with Crippen molar-refractivity contribution >= 4 is 5.91 Å². The van der Waals surface area contributed by atoms with Crippen LogP contribution in [0.25, 0.3) is 0 Å². The number of carbonyl (C=O) groups excluding carboxylic acids is 1. The lowest BCUT2D eigenvalue weighted by molar-refractivity contribution is 0.0700. The molecule has 1 saturated heterocycles. The van der Waals surface area contributed by atoms with Crippen molar-refractivity contribution in [1.82, 2.24) is 4.90 Å². The van der Waals surface area contributed by atoms with Crippen LogP contribution in [0.15, 0.2) is 40.8 Å². The third-order valence-corrected chi connectivity index (χ3v) is 4.09. The number of likely N-dealkylation sites (tertiary alicyclic amines) is 1. The van der Waals surface area contributed by atoms with Crippen molar-refractivity contribution in [3.05, 3.63) is 53.5 Å². The highest BCUT2D eigenvalue weighted by Crippen LogP contribution is 2.37. The zero-order valence-electron chi connectivity index (χ0n) is 12.6. The molecule has 116 valence electrons. The Bertz CT molecular complexity index is 665. The van der Waals surface area contributed by atoms with E-state index in [4.69, 9.17) is 14.9 Å². The number of ether oxygens (including phenoxy) is 1. The Morgan fingerprint density at radius 1 is 1.36 bits per heavy atom. The average molecular weight is 300 g/mol. The minimum absolute atomic E-state index is 0.0232. The molecule has 1 aliphatic heterocycles. The highest BCUT2D eigenvalue weighted by atomic mass is 16.5. The smallest absolute Gasteiger partial charge is 0.290 e. The van der Waals surface area contributed by atoms with Gasteiger partial charge in [-0.05, 0) is 31.0 Å². The summed E-state index contributed by atoms with van der Waals surface area (Å²) in [4.78, 5) is 14.6. The number of amides is 1. The van der Waals surface area contributed by atoms with E-state index in [2.05, 4.69) is 0 Å². The van der Waals surface area contributed by atoms with Crippen LogP contribution in [0, 0.1) is 0 Å². The Hall–Kier alpha value is -2.27. The summed E-state index contributed by atoms with van der Waals surface area (Å²) in [6, 6.07) is 11.3. The molecule has 2 aromatic rings. The van der Waals surface area contributed by atoms with E-state index in [0.29, 0.717) is 18.1 Å². The lowest BCUT2D eigenvalue weighted by atomic mass is 10.0. The standard InChI is InChI=1S/C17H20N2O3/c1-21-15-7-3-2-5-13(15)14-6-4-10-19(14)17(20)16-9-8-12(11-18)22-16/h2-3,5,7-9,14H,4,6,10-11,18H2,1H3/t14-/m0/s1. The third kappa shape index (κ3) is 2.60. The summed E-state index contributed by atoms with van der Waals surface area (Å²) in [6.07, 6.45) is 1.90. The molecule has 1 atom stereocenters. The van der Waals surface area contributed by atoms with Gasteiger partial charge in [0.05, 0.1) is 19.7 Å². The van der Waals surface area contributed by atoms with Crippen LogP contribution in [0.1, 0.15) is 40.8 Å². The number of benzene rings is 1. The molecule has 5 nitrogen and oxygen atoms in total. The summed E-state index contributed by atoms with van der Waals surface area (Å²) in [7, 11) is 1.65. The summed E-state index contributed by atoms with van der Waals surface area (Å²) in [5.74, 6) is 1.70. The quantitative estimate of drug-likeness (QED) is 0.942. The monoisotopic (exact) mass is 300 g/mol. The van der Waals surface area contributed by atoms with Gasteiger partial charge in [0.15, 0.2) is 5.76 Å². The van der Waals surface area contributed by atoms with Crippen molar-refractivity contribution in [2.24, 2.45) is 5.73 Å². The Labute approximate surface area is 129 Å². The molecule has 1 amide bonds. The number of nitrogens with two attached hydrogens (primary N) is 1. The Morgan fingerprint density at radius 2 is 2.18 bits per heavy atom. The van der Waals surface area contributed by atoms with E-state index in [0.717, 1.165) is 30.7 Å². The lowest BCUT2D eigenvalue weighted by Gasteiger charge is -2.25. The van der Waals surface area contributed by atoms with Crippen LogP contribution in [0.2, 0.25) is 0 Å². The number of para-hydroxylation sites is 1. The van der Waals surface area contributed by atoms with Gasteiger partial charge in [-0.25, -0.2) is 0 Å². The number of methoxy groups -OCH3 is 1. The number of carbonyl (C=O) groups is 1. The van der Waals surface area contributed by atoms with E-state index in [9.17, 15) is 4.79 Å². The highest BCUT2D eigenvalue weighted by Gasteiger charge is 2.33. The summed E-state index contributed by atoms with van der Waals surface area (Å²) < 4.78 is 10.9. The molecule has 1 aliphatic rings. The molecule has 0 radical (unpaired) electrons. The number of hydrogen-bond acceptors (Lipinski definition) is 4. The Balaban J connectivity index is 1.88. The van der Waals surface area contributed by atoms with Crippen molar-refractivity contribution in [1.29, 1.82) is 0 Å². The molecule has 0 saturated carbocycles. The van der Waals surface area contributed by atoms with Gasteiger partial charge in [-0.1, -0.05) is 18.2 Å². The van der Waals surface area contributed by atoms with E-state index >= 15 is 0 Å². The number of furan rings is 1. The van der Waals surface area contributed by atoms with Crippen molar-refractivity contribution in [3.63, 3.8) is 0 Å². The molecule has 2 heterocycles. The fourth-order valence-corrected chi connectivity index (χ4v) is 3.02. The van der Waals surface area contributed by atoms with Crippen LogP contribution in [0.3, 0.4) is 0 Å². The van der Waals surface area contributed by atoms with Crippen molar-refractivity contribution < 1.29 is 13.9 Å². The van der Waals surface area contributed by atoms with Crippen LogP contribution in [0.4, 0.5) is 0 Å². The van der Waals surface area contributed by atoms with Gasteiger partial charge >= 0.3 is 0 Å². The maximum Gasteiger partial charge on any atom is 0.290 e. The minimum atomic E-state index is -0.0897.